The van der Waals surface area contributed by atoms with Crippen molar-refractivity contribution in [1.29, 1.82) is 5.26 Å². The number of esters is 1. The predicted octanol–water partition coefficient (Wildman–Crippen LogP) is 6.34. The number of nitriles is 1. The van der Waals surface area contributed by atoms with Gasteiger partial charge in [-0.2, -0.15) is 5.26 Å². The summed E-state index contributed by atoms with van der Waals surface area (Å²) in [5.41, 5.74) is 9.74. The third kappa shape index (κ3) is 6.04. The molecule has 4 rings (SSSR count). The first kappa shape index (κ1) is 26.9. The molecule has 8 heteroatoms. The fourth-order valence-electron chi connectivity index (χ4n) is 4.23. The molecule has 0 fully saturated rings. The van der Waals surface area contributed by atoms with Crippen LogP contribution in [0.5, 0.6) is 23.0 Å². The minimum absolute atomic E-state index is 0.00793. The molecule has 0 amide bonds. The quantitative estimate of drug-likeness (QED) is 0.195. The molecule has 1 aliphatic heterocycles. The largest absolute Gasteiger partial charge is 0.494 e. The van der Waals surface area contributed by atoms with Crippen molar-refractivity contribution in [2.75, 3.05) is 13.2 Å². The maximum absolute atomic E-state index is 12.5. The molecule has 196 valence electrons. The molecule has 3 aromatic carbocycles. The van der Waals surface area contributed by atoms with Crippen LogP contribution in [-0.2, 0) is 4.79 Å². The first-order valence-corrected chi connectivity index (χ1v) is 12.7. The number of ether oxygens (including phenoxy) is 4. The Morgan fingerprint density at radius 3 is 2.37 bits per heavy atom. The number of nitrogens with zero attached hydrogens (tertiary/aromatic N) is 1. The van der Waals surface area contributed by atoms with E-state index in [1.165, 1.54) is 0 Å². The Morgan fingerprint density at radius 1 is 1.03 bits per heavy atom. The summed E-state index contributed by atoms with van der Waals surface area (Å²) >= 11 is 6.19. The lowest BCUT2D eigenvalue weighted by Gasteiger charge is -2.26. The predicted molar refractivity (Wildman–Crippen MR) is 145 cm³/mol. The van der Waals surface area contributed by atoms with E-state index in [9.17, 15) is 10.1 Å². The van der Waals surface area contributed by atoms with Crippen LogP contribution < -0.4 is 24.7 Å². The van der Waals surface area contributed by atoms with Crippen LogP contribution >= 0.6 is 11.6 Å². The standard InChI is InChI=1S/C30H29ClN2O5/c1-4-5-12-35-21-8-6-20(7-9-21)28-24-11-10-22(15-26(24)38-30(33)25(28)16-32)37-27(34)17-36-23-13-18(2)29(31)19(3)14-23/h6-11,13-15,28H,4-5,12,17,33H2,1-3H3. The highest BCUT2D eigenvalue weighted by Crippen LogP contribution is 2.43. The minimum Gasteiger partial charge on any atom is -0.494 e. The van der Waals surface area contributed by atoms with Crippen LogP contribution in [0.4, 0.5) is 0 Å². The number of aryl methyl sites for hydroxylation is 2. The van der Waals surface area contributed by atoms with E-state index in [2.05, 4.69) is 13.0 Å². The summed E-state index contributed by atoms with van der Waals surface area (Å²) in [7, 11) is 0. The zero-order valence-electron chi connectivity index (χ0n) is 21.5. The van der Waals surface area contributed by atoms with Crippen LogP contribution in [0.1, 0.15) is 47.9 Å². The van der Waals surface area contributed by atoms with Gasteiger partial charge in [0.25, 0.3) is 0 Å². The molecule has 1 heterocycles. The van der Waals surface area contributed by atoms with Crippen LogP contribution in [0.2, 0.25) is 5.02 Å². The summed E-state index contributed by atoms with van der Waals surface area (Å²) in [6, 6.07) is 18.3. The second-order valence-electron chi connectivity index (χ2n) is 9.03. The average Bonchev–Trinajstić information content (AvgIpc) is 2.90. The van der Waals surface area contributed by atoms with Crippen LogP contribution in [0.25, 0.3) is 0 Å². The Morgan fingerprint density at radius 2 is 1.71 bits per heavy atom. The van der Waals surface area contributed by atoms with Gasteiger partial charge in [-0.25, -0.2) is 4.79 Å². The molecule has 0 bridgehead atoms. The number of fused-ring (bicyclic) bond motifs is 1. The van der Waals surface area contributed by atoms with E-state index in [1.807, 2.05) is 38.1 Å². The molecule has 0 saturated carbocycles. The fraction of sp³-hybridized carbons (Fsp3) is 0.267. The molecule has 38 heavy (non-hydrogen) atoms. The maximum Gasteiger partial charge on any atom is 0.349 e. The number of rotatable bonds is 9. The van der Waals surface area contributed by atoms with Gasteiger partial charge in [0, 0.05) is 16.7 Å². The summed E-state index contributed by atoms with van der Waals surface area (Å²) in [4.78, 5) is 12.5. The van der Waals surface area contributed by atoms with E-state index in [4.69, 9.17) is 36.3 Å². The van der Waals surface area contributed by atoms with Gasteiger partial charge in [-0.15, -0.1) is 0 Å². The SMILES string of the molecule is CCCCOc1ccc(C2C(C#N)=C(N)Oc3cc(OC(=O)COc4cc(C)c(Cl)c(C)c4)ccc32)cc1. The number of allylic oxidation sites excluding steroid dienone is 1. The summed E-state index contributed by atoms with van der Waals surface area (Å²) in [6.45, 7) is 6.22. The molecule has 7 nitrogen and oxygen atoms in total. The summed E-state index contributed by atoms with van der Waals surface area (Å²) in [5.74, 6) is 0.964. The Balaban J connectivity index is 1.49. The van der Waals surface area contributed by atoms with Crippen molar-refractivity contribution in [1.82, 2.24) is 0 Å². The number of hydrogen-bond donors (Lipinski definition) is 1. The molecule has 3 aromatic rings. The molecule has 1 atom stereocenters. The normalized spacial score (nSPS) is 14.2. The van der Waals surface area contributed by atoms with Gasteiger partial charge in [0.15, 0.2) is 6.61 Å². The minimum atomic E-state index is -0.581. The van der Waals surface area contributed by atoms with Crippen molar-refractivity contribution in [3.63, 3.8) is 0 Å². The lowest BCUT2D eigenvalue weighted by molar-refractivity contribution is -0.136. The smallest absolute Gasteiger partial charge is 0.349 e. The maximum atomic E-state index is 12.5. The number of benzene rings is 3. The molecule has 0 aliphatic carbocycles. The second-order valence-corrected chi connectivity index (χ2v) is 9.41. The van der Waals surface area contributed by atoms with Gasteiger partial charge in [0.1, 0.15) is 34.6 Å². The third-order valence-electron chi connectivity index (χ3n) is 6.17. The van der Waals surface area contributed by atoms with Crippen LogP contribution in [0.15, 0.2) is 66.1 Å². The molecule has 1 unspecified atom stereocenters. The zero-order chi connectivity index (χ0) is 27.2. The van der Waals surface area contributed by atoms with E-state index in [1.54, 1.807) is 30.3 Å². The lowest BCUT2D eigenvalue weighted by Crippen LogP contribution is -2.21. The molecule has 0 radical (unpaired) electrons. The number of carbonyl (C=O) groups is 1. The molecular formula is C30H29ClN2O5. The van der Waals surface area contributed by atoms with Gasteiger partial charge in [-0.1, -0.05) is 43.1 Å². The van der Waals surface area contributed by atoms with E-state index >= 15 is 0 Å². The number of halogens is 1. The second kappa shape index (κ2) is 11.9. The number of carbonyl (C=O) groups excluding carboxylic acids is 1. The van der Waals surface area contributed by atoms with Gasteiger partial charge < -0.3 is 24.7 Å². The number of nitrogens with two attached hydrogens (primary N) is 1. The fourth-order valence-corrected chi connectivity index (χ4v) is 4.33. The number of hydrogen-bond acceptors (Lipinski definition) is 7. The molecular weight excluding hydrogens is 504 g/mol. The highest BCUT2D eigenvalue weighted by Gasteiger charge is 2.31. The topological polar surface area (TPSA) is 104 Å². The van der Waals surface area contributed by atoms with E-state index in [0.29, 0.717) is 28.7 Å². The van der Waals surface area contributed by atoms with Crippen LogP contribution in [0, 0.1) is 25.2 Å². The number of unbranched alkanes of at least 4 members (excludes halogenated alkanes) is 1. The summed E-state index contributed by atoms with van der Waals surface area (Å²) < 4.78 is 22.6. The molecule has 2 N–H and O–H groups in total. The molecule has 0 aromatic heterocycles. The van der Waals surface area contributed by atoms with Crippen molar-refractivity contribution in [3.8, 4) is 29.1 Å². The van der Waals surface area contributed by atoms with Crippen molar-refractivity contribution in [3.05, 3.63) is 93.3 Å². The van der Waals surface area contributed by atoms with Gasteiger partial charge in [-0.05, 0) is 67.3 Å². The molecule has 1 aliphatic rings. The molecule has 0 saturated heterocycles. The third-order valence-corrected chi connectivity index (χ3v) is 6.77. The van der Waals surface area contributed by atoms with E-state index in [-0.39, 0.29) is 18.2 Å². The Labute approximate surface area is 227 Å². The first-order valence-electron chi connectivity index (χ1n) is 12.3. The summed E-state index contributed by atoms with van der Waals surface area (Å²) in [5, 5.41) is 10.5. The highest BCUT2D eigenvalue weighted by molar-refractivity contribution is 6.32. The van der Waals surface area contributed by atoms with E-state index in [0.717, 1.165) is 40.8 Å². The Hall–Kier alpha value is -4.15. The van der Waals surface area contributed by atoms with Crippen molar-refractivity contribution in [2.24, 2.45) is 5.73 Å². The van der Waals surface area contributed by atoms with Crippen molar-refractivity contribution < 1.29 is 23.7 Å². The average molecular weight is 533 g/mol. The Bertz CT molecular complexity index is 1390. The highest BCUT2D eigenvalue weighted by atomic mass is 35.5. The molecule has 0 spiro atoms. The lowest BCUT2D eigenvalue weighted by atomic mass is 9.83. The van der Waals surface area contributed by atoms with Crippen LogP contribution in [0.3, 0.4) is 0 Å². The van der Waals surface area contributed by atoms with Crippen molar-refractivity contribution >= 4 is 17.6 Å². The van der Waals surface area contributed by atoms with Gasteiger partial charge >= 0.3 is 5.97 Å². The Kier molecular flexibility index (Phi) is 8.45. The summed E-state index contributed by atoms with van der Waals surface area (Å²) in [6.07, 6.45) is 2.03. The zero-order valence-corrected chi connectivity index (χ0v) is 22.3. The van der Waals surface area contributed by atoms with Crippen molar-refractivity contribution in [2.45, 2.75) is 39.5 Å². The first-order chi connectivity index (χ1) is 18.3. The van der Waals surface area contributed by atoms with Crippen LogP contribution in [-0.4, -0.2) is 19.2 Å². The van der Waals surface area contributed by atoms with E-state index < -0.39 is 11.9 Å². The van der Waals surface area contributed by atoms with Gasteiger partial charge in [-0.3, -0.25) is 0 Å². The van der Waals surface area contributed by atoms with Gasteiger partial charge in [0.05, 0.1) is 12.5 Å². The van der Waals surface area contributed by atoms with Gasteiger partial charge in [0.2, 0.25) is 5.88 Å². The monoisotopic (exact) mass is 532 g/mol.